The Bertz CT molecular complexity index is 858. The molecule has 0 aliphatic carbocycles. The van der Waals surface area contributed by atoms with Crippen LogP contribution in [0.25, 0.3) is 0 Å². The Balaban J connectivity index is 0.00000420. The normalized spacial score (nSPS) is 10.4. The summed E-state index contributed by atoms with van der Waals surface area (Å²) in [6.07, 6.45) is 0. The van der Waals surface area contributed by atoms with Crippen LogP contribution in [0.4, 0.5) is 5.69 Å². The number of rotatable bonds is 7. The fourth-order valence-electron chi connectivity index (χ4n) is 2.55. The van der Waals surface area contributed by atoms with Crippen molar-refractivity contribution in [3.8, 4) is 17.2 Å². The fourth-order valence-corrected chi connectivity index (χ4v) is 2.55. The van der Waals surface area contributed by atoms with Crippen LogP contribution in [0.15, 0.2) is 41.4 Å². The van der Waals surface area contributed by atoms with Crippen LogP contribution in [0.1, 0.15) is 15.9 Å². The molecule has 2 aromatic rings. The van der Waals surface area contributed by atoms with E-state index in [1.54, 1.807) is 39.5 Å². The first kappa shape index (κ1) is 24.3. The van der Waals surface area contributed by atoms with Gasteiger partial charge in [-0.2, -0.15) is 0 Å². The molecule has 0 aliphatic rings. The summed E-state index contributed by atoms with van der Waals surface area (Å²) in [5.41, 5.74) is 2.03. The van der Waals surface area contributed by atoms with Gasteiger partial charge < -0.3 is 29.6 Å². The summed E-state index contributed by atoms with van der Waals surface area (Å²) in [7, 11) is 7.68. The second-order valence-corrected chi connectivity index (χ2v) is 5.65. The van der Waals surface area contributed by atoms with Crippen molar-refractivity contribution in [1.82, 2.24) is 5.32 Å². The Morgan fingerprint density at radius 3 is 2.17 bits per heavy atom. The molecule has 158 valence electrons. The minimum Gasteiger partial charge on any atom is -0.496 e. The van der Waals surface area contributed by atoms with Crippen LogP contribution in [0, 0.1) is 0 Å². The molecule has 8 nitrogen and oxygen atoms in total. The fraction of sp³-hybridized carbons (Fsp3) is 0.300. The van der Waals surface area contributed by atoms with Gasteiger partial charge in [0.25, 0.3) is 0 Å². The summed E-state index contributed by atoms with van der Waals surface area (Å²) >= 11 is 0. The lowest BCUT2D eigenvalue weighted by atomic mass is 10.1. The zero-order chi connectivity index (χ0) is 20.5. The van der Waals surface area contributed by atoms with Crippen molar-refractivity contribution in [2.45, 2.75) is 6.54 Å². The molecule has 0 radical (unpaired) electrons. The third kappa shape index (κ3) is 6.41. The largest absolute Gasteiger partial charge is 0.496 e. The van der Waals surface area contributed by atoms with E-state index < -0.39 is 5.97 Å². The van der Waals surface area contributed by atoms with Crippen LogP contribution in [0.3, 0.4) is 0 Å². The number of benzene rings is 2. The van der Waals surface area contributed by atoms with Crippen molar-refractivity contribution in [2.24, 2.45) is 4.99 Å². The lowest BCUT2D eigenvalue weighted by Crippen LogP contribution is -2.30. The van der Waals surface area contributed by atoms with Gasteiger partial charge in [-0.1, -0.05) is 6.07 Å². The van der Waals surface area contributed by atoms with Gasteiger partial charge in [0.1, 0.15) is 11.3 Å². The predicted molar refractivity (Wildman–Crippen MR) is 123 cm³/mol. The number of hydrogen-bond acceptors (Lipinski definition) is 6. The zero-order valence-electron chi connectivity index (χ0n) is 17.1. The van der Waals surface area contributed by atoms with Crippen LogP contribution in [-0.2, 0) is 11.3 Å². The SMILES string of the molecule is CN=C(NCc1ccc(OC)c(C(=O)OC)c1)Nc1ccc(OC)c(OC)c1.I. The predicted octanol–water partition coefficient (Wildman–Crippen LogP) is 3.30. The summed E-state index contributed by atoms with van der Waals surface area (Å²) in [4.78, 5) is 16.1. The topological polar surface area (TPSA) is 90.4 Å². The molecule has 0 heterocycles. The van der Waals surface area contributed by atoms with Gasteiger partial charge in [-0.05, 0) is 29.8 Å². The number of nitrogens with one attached hydrogen (secondary N) is 2. The van der Waals surface area contributed by atoms with E-state index in [0.717, 1.165) is 11.3 Å². The first-order valence-corrected chi connectivity index (χ1v) is 8.51. The number of carbonyl (C=O) groups is 1. The number of halogens is 1. The molecule has 0 aromatic heterocycles. The number of esters is 1. The molecule has 0 spiro atoms. The summed E-state index contributed by atoms with van der Waals surface area (Å²) in [6.45, 7) is 0.445. The van der Waals surface area contributed by atoms with Crippen molar-refractivity contribution in [3.63, 3.8) is 0 Å². The molecule has 0 saturated heterocycles. The van der Waals surface area contributed by atoms with Crippen LogP contribution in [0.5, 0.6) is 17.2 Å². The standard InChI is InChI=1S/C20H25N3O5.HI/c1-21-20(23-14-7-9-17(26-3)18(11-14)27-4)22-12-13-6-8-16(25-2)15(10-13)19(24)28-5;/h6-11H,12H2,1-5H3,(H2,21,22,23);1H. The maximum atomic E-state index is 11.9. The van der Waals surface area contributed by atoms with E-state index in [4.69, 9.17) is 18.9 Å². The maximum Gasteiger partial charge on any atom is 0.341 e. The van der Waals surface area contributed by atoms with E-state index >= 15 is 0 Å². The number of guanidine groups is 1. The van der Waals surface area contributed by atoms with E-state index in [0.29, 0.717) is 35.3 Å². The smallest absolute Gasteiger partial charge is 0.341 e. The van der Waals surface area contributed by atoms with Gasteiger partial charge in [0, 0.05) is 25.3 Å². The molecule has 0 saturated carbocycles. The molecular formula is C20H26IN3O5. The van der Waals surface area contributed by atoms with Crippen LogP contribution >= 0.6 is 24.0 Å². The van der Waals surface area contributed by atoms with Gasteiger partial charge in [-0.3, -0.25) is 4.99 Å². The molecular weight excluding hydrogens is 489 g/mol. The molecule has 0 aliphatic heterocycles. The summed E-state index contributed by atoms with van der Waals surface area (Å²) in [6, 6.07) is 10.8. The van der Waals surface area contributed by atoms with E-state index in [1.165, 1.54) is 14.2 Å². The van der Waals surface area contributed by atoms with Crippen molar-refractivity contribution in [2.75, 3.05) is 40.8 Å². The van der Waals surface area contributed by atoms with Gasteiger partial charge >= 0.3 is 5.97 Å². The highest BCUT2D eigenvalue weighted by atomic mass is 127. The average molecular weight is 515 g/mol. The number of aliphatic imine (C=N–C) groups is 1. The highest BCUT2D eigenvalue weighted by molar-refractivity contribution is 14.0. The molecule has 0 bridgehead atoms. The summed E-state index contributed by atoms with van der Waals surface area (Å²) in [5.74, 6) is 1.82. The Kier molecular flexibility index (Phi) is 10.1. The van der Waals surface area contributed by atoms with Gasteiger partial charge in [0.2, 0.25) is 0 Å². The van der Waals surface area contributed by atoms with Crippen LogP contribution in [-0.4, -0.2) is 47.4 Å². The monoisotopic (exact) mass is 515 g/mol. The maximum absolute atomic E-state index is 11.9. The Hall–Kier alpha value is -2.69. The number of hydrogen-bond donors (Lipinski definition) is 2. The number of methoxy groups -OCH3 is 4. The highest BCUT2D eigenvalue weighted by Crippen LogP contribution is 2.29. The number of ether oxygens (including phenoxy) is 4. The molecule has 2 N–H and O–H groups in total. The summed E-state index contributed by atoms with van der Waals surface area (Å²) < 4.78 is 20.6. The Labute approximate surface area is 187 Å². The molecule has 0 fully saturated rings. The van der Waals surface area contributed by atoms with Crippen molar-refractivity contribution in [1.29, 1.82) is 0 Å². The average Bonchev–Trinajstić information content (AvgIpc) is 2.75. The molecule has 9 heteroatoms. The Morgan fingerprint density at radius 2 is 1.59 bits per heavy atom. The number of carbonyl (C=O) groups excluding carboxylic acids is 1. The van der Waals surface area contributed by atoms with Gasteiger partial charge in [-0.15, -0.1) is 24.0 Å². The lowest BCUT2D eigenvalue weighted by Gasteiger charge is -2.15. The van der Waals surface area contributed by atoms with E-state index in [1.807, 2.05) is 18.2 Å². The van der Waals surface area contributed by atoms with Gasteiger partial charge in [-0.25, -0.2) is 4.79 Å². The third-order valence-corrected chi connectivity index (χ3v) is 4.00. The summed E-state index contributed by atoms with van der Waals surface area (Å²) in [5, 5.41) is 6.38. The van der Waals surface area contributed by atoms with Gasteiger partial charge in [0.05, 0.1) is 28.4 Å². The quantitative estimate of drug-likeness (QED) is 0.253. The second kappa shape index (κ2) is 12.0. The van der Waals surface area contributed by atoms with Crippen LogP contribution < -0.4 is 24.8 Å². The lowest BCUT2D eigenvalue weighted by molar-refractivity contribution is 0.0597. The zero-order valence-corrected chi connectivity index (χ0v) is 19.4. The minimum atomic E-state index is -0.452. The molecule has 2 rings (SSSR count). The Morgan fingerprint density at radius 1 is 0.931 bits per heavy atom. The minimum absolute atomic E-state index is 0. The van der Waals surface area contributed by atoms with Gasteiger partial charge in [0.15, 0.2) is 17.5 Å². The third-order valence-electron chi connectivity index (χ3n) is 4.00. The molecule has 29 heavy (non-hydrogen) atoms. The molecule has 0 unspecified atom stereocenters. The number of anilines is 1. The van der Waals surface area contributed by atoms with E-state index in [9.17, 15) is 4.79 Å². The molecule has 2 aromatic carbocycles. The van der Waals surface area contributed by atoms with Crippen molar-refractivity contribution in [3.05, 3.63) is 47.5 Å². The number of nitrogens with zero attached hydrogens (tertiary/aromatic N) is 1. The van der Waals surface area contributed by atoms with Crippen molar-refractivity contribution < 1.29 is 23.7 Å². The first-order valence-electron chi connectivity index (χ1n) is 8.51. The van der Waals surface area contributed by atoms with E-state index in [-0.39, 0.29) is 24.0 Å². The first-order chi connectivity index (χ1) is 13.6. The second-order valence-electron chi connectivity index (χ2n) is 5.65. The van der Waals surface area contributed by atoms with Crippen molar-refractivity contribution >= 4 is 41.6 Å². The van der Waals surface area contributed by atoms with E-state index in [2.05, 4.69) is 15.6 Å². The molecule has 0 amide bonds. The van der Waals surface area contributed by atoms with Crippen LogP contribution in [0.2, 0.25) is 0 Å². The molecule has 0 atom stereocenters. The highest BCUT2D eigenvalue weighted by Gasteiger charge is 2.13.